The molecule has 2 heterocycles. The number of carbonyl (C=O) groups is 1. The highest BCUT2D eigenvalue weighted by atomic mass is 32.2. The van der Waals surface area contributed by atoms with Crippen molar-refractivity contribution in [3.63, 3.8) is 0 Å². The molecular weight excluding hydrogens is 286 g/mol. The van der Waals surface area contributed by atoms with Crippen LogP contribution in [-0.4, -0.2) is 36.7 Å². The van der Waals surface area contributed by atoms with Gasteiger partial charge in [-0.1, -0.05) is 18.3 Å². The summed E-state index contributed by atoms with van der Waals surface area (Å²) in [5.41, 5.74) is 0. The molecule has 1 aromatic rings. The van der Waals surface area contributed by atoms with E-state index in [0.717, 1.165) is 24.2 Å². The van der Waals surface area contributed by atoms with E-state index in [9.17, 15) is 13.2 Å². The summed E-state index contributed by atoms with van der Waals surface area (Å²) in [4.78, 5) is 14.8. The number of thiazole rings is 1. The van der Waals surface area contributed by atoms with Gasteiger partial charge in [-0.05, 0) is 18.8 Å². The Balaban J connectivity index is 2.15. The maximum atomic E-state index is 12.4. The molecule has 0 spiro atoms. The van der Waals surface area contributed by atoms with Crippen LogP contribution in [0, 0.1) is 5.92 Å². The highest BCUT2D eigenvalue weighted by Crippen LogP contribution is 2.28. The molecule has 0 radical (unpaired) electrons. The van der Waals surface area contributed by atoms with Gasteiger partial charge in [-0.2, -0.15) is 4.31 Å². The van der Waals surface area contributed by atoms with Crippen LogP contribution < -0.4 is 5.32 Å². The lowest BCUT2D eigenvalue weighted by Crippen LogP contribution is -2.37. The average Bonchev–Trinajstić information content (AvgIpc) is 2.78. The summed E-state index contributed by atoms with van der Waals surface area (Å²) < 4.78 is 26.4. The van der Waals surface area contributed by atoms with E-state index in [2.05, 4.69) is 17.2 Å². The summed E-state index contributed by atoms with van der Waals surface area (Å²) in [6.07, 6.45) is 3.08. The number of rotatable bonds is 3. The van der Waals surface area contributed by atoms with E-state index < -0.39 is 10.0 Å². The second-order valence-electron chi connectivity index (χ2n) is 4.75. The minimum Gasteiger partial charge on any atom is -0.302 e. The Hall–Kier alpha value is -0.990. The second kappa shape index (κ2) is 5.56. The molecule has 0 bridgehead atoms. The molecule has 0 atom stereocenters. The van der Waals surface area contributed by atoms with Crippen LogP contribution >= 0.6 is 11.3 Å². The molecule has 1 saturated heterocycles. The van der Waals surface area contributed by atoms with Gasteiger partial charge in [0.15, 0.2) is 9.34 Å². The summed E-state index contributed by atoms with van der Waals surface area (Å²) in [6, 6.07) is 0. The lowest BCUT2D eigenvalue weighted by molar-refractivity contribution is -0.114. The quantitative estimate of drug-likeness (QED) is 0.918. The molecule has 19 heavy (non-hydrogen) atoms. The molecule has 1 fully saturated rings. The average molecular weight is 303 g/mol. The summed E-state index contributed by atoms with van der Waals surface area (Å²) in [5, 5.41) is 2.81. The Morgan fingerprint density at radius 3 is 2.68 bits per heavy atom. The topological polar surface area (TPSA) is 79.4 Å². The summed E-state index contributed by atoms with van der Waals surface area (Å²) >= 11 is 0.990. The van der Waals surface area contributed by atoms with Crippen LogP contribution in [0.5, 0.6) is 0 Å². The first-order chi connectivity index (χ1) is 8.89. The van der Waals surface area contributed by atoms with Gasteiger partial charge in [0, 0.05) is 20.0 Å². The maximum Gasteiger partial charge on any atom is 0.254 e. The van der Waals surface area contributed by atoms with E-state index in [0.29, 0.717) is 24.1 Å². The first kappa shape index (κ1) is 14.4. The van der Waals surface area contributed by atoms with E-state index >= 15 is 0 Å². The number of anilines is 1. The number of hydrogen-bond donors (Lipinski definition) is 1. The molecule has 0 saturated carbocycles. The molecule has 6 nitrogen and oxygen atoms in total. The third-order valence-electron chi connectivity index (χ3n) is 3.10. The van der Waals surface area contributed by atoms with Crippen LogP contribution in [-0.2, 0) is 14.8 Å². The van der Waals surface area contributed by atoms with Gasteiger partial charge in [0.05, 0.1) is 6.20 Å². The Kier molecular flexibility index (Phi) is 4.22. The molecule has 106 valence electrons. The third kappa shape index (κ3) is 3.31. The van der Waals surface area contributed by atoms with Crippen LogP contribution in [0.2, 0.25) is 0 Å². The number of amides is 1. The van der Waals surface area contributed by atoms with Gasteiger partial charge in [0.2, 0.25) is 5.91 Å². The SMILES string of the molecule is CC(=O)Nc1ncc(S(=O)(=O)N2CCC(C)CC2)s1. The van der Waals surface area contributed by atoms with Gasteiger partial charge < -0.3 is 5.32 Å². The van der Waals surface area contributed by atoms with E-state index in [1.165, 1.54) is 17.4 Å². The zero-order chi connectivity index (χ0) is 14.0. The van der Waals surface area contributed by atoms with Gasteiger partial charge in [0.25, 0.3) is 10.0 Å². The highest BCUT2D eigenvalue weighted by molar-refractivity contribution is 7.91. The van der Waals surface area contributed by atoms with Crippen molar-refractivity contribution in [1.82, 2.24) is 9.29 Å². The maximum absolute atomic E-state index is 12.4. The van der Waals surface area contributed by atoms with Crippen LogP contribution in [0.1, 0.15) is 26.7 Å². The molecule has 2 rings (SSSR count). The monoisotopic (exact) mass is 303 g/mol. The van der Waals surface area contributed by atoms with Gasteiger partial charge in [-0.25, -0.2) is 13.4 Å². The zero-order valence-corrected chi connectivity index (χ0v) is 12.6. The van der Waals surface area contributed by atoms with Crippen molar-refractivity contribution >= 4 is 32.4 Å². The molecule has 1 aliphatic heterocycles. The molecule has 1 N–H and O–H groups in total. The van der Waals surface area contributed by atoms with E-state index in [1.54, 1.807) is 0 Å². The number of piperidine rings is 1. The van der Waals surface area contributed by atoms with E-state index in [-0.39, 0.29) is 10.1 Å². The molecular formula is C11H17N3O3S2. The number of carbonyl (C=O) groups excluding carboxylic acids is 1. The van der Waals surface area contributed by atoms with Crippen LogP contribution in [0.3, 0.4) is 0 Å². The zero-order valence-electron chi connectivity index (χ0n) is 10.9. The Labute approximate surface area is 116 Å². The number of hydrogen-bond acceptors (Lipinski definition) is 5. The standard InChI is InChI=1S/C11H17N3O3S2/c1-8-3-5-14(6-4-8)19(16,17)10-7-12-11(18-10)13-9(2)15/h7-8H,3-6H2,1-2H3,(H,12,13,15). The fourth-order valence-corrected chi connectivity index (χ4v) is 4.64. The fourth-order valence-electron chi connectivity index (χ4n) is 1.94. The first-order valence-corrected chi connectivity index (χ1v) is 8.39. The minimum atomic E-state index is -3.46. The van der Waals surface area contributed by atoms with Gasteiger partial charge in [0.1, 0.15) is 0 Å². The van der Waals surface area contributed by atoms with Gasteiger partial charge in [-0.3, -0.25) is 4.79 Å². The number of aromatic nitrogens is 1. The summed E-state index contributed by atoms with van der Waals surface area (Å²) in [5.74, 6) is 0.313. The van der Waals surface area contributed by atoms with Crippen LogP contribution in [0.15, 0.2) is 10.4 Å². The molecule has 1 aromatic heterocycles. The van der Waals surface area contributed by atoms with E-state index in [4.69, 9.17) is 0 Å². The smallest absolute Gasteiger partial charge is 0.254 e. The van der Waals surface area contributed by atoms with Crippen molar-refractivity contribution in [3.05, 3.63) is 6.20 Å². The lowest BCUT2D eigenvalue weighted by atomic mass is 10.0. The predicted molar refractivity (Wildman–Crippen MR) is 73.6 cm³/mol. The highest BCUT2D eigenvalue weighted by Gasteiger charge is 2.29. The number of sulfonamides is 1. The largest absolute Gasteiger partial charge is 0.302 e. The first-order valence-electron chi connectivity index (χ1n) is 6.13. The minimum absolute atomic E-state index is 0.186. The van der Waals surface area contributed by atoms with E-state index in [1.807, 2.05) is 0 Å². The lowest BCUT2D eigenvalue weighted by Gasteiger charge is -2.28. The van der Waals surface area contributed by atoms with Crippen LogP contribution in [0.25, 0.3) is 0 Å². The molecule has 0 aromatic carbocycles. The predicted octanol–water partition coefficient (Wildman–Crippen LogP) is 1.52. The van der Waals surface area contributed by atoms with Crippen molar-refractivity contribution in [3.8, 4) is 0 Å². The number of nitrogens with one attached hydrogen (secondary N) is 1. The normalized spacial score (nSPS) is 18.4. The second-order valence-corrected chi connectivity index (χ2v) is 7.95. The third-order valence-corrected chi connectivity index (χ3v) is 6.35. The van der Waals surface area contributed by atoms with Crippen molar-refractivity contribution in [2.75, 3.05) is 18.4 Å². The van der Waals surface area contributed by atoms with Gasteiger partial charge in [-0.15, -0.1) is 0 Å². The molecule has 1 amide bonds. The molecule has 0 unspecified atom stereocenters. The van der Waals surface area contributed by atoms with Crippen molar-refractivity contribution in [2.45, 2.75) is 30.9 Å². The Morgan fingerprint density at radius 2 is 2.11 bits per heavy atom. The summed E-state index contributed by atoms with van der Waals surface area (Å²) in [7, 11) is -3.46. The fraction of sp³-hybridized carbons (Fsp3) is 0.636. The molecule has 8 heteroatoms. The Morgan fingerprint density at radius 1 is 1.47 bits per heavy atom. The molecule has 1 aliphatic rings. The number of nitrogens with zero attached hydrogens (tertiary/aromatic N) is 2. The van der Waals surface area contributed by atoms with Crippen molar-refractivity contribution in [2.24, 2.45) is 5.92 Å². The van der Waals surface area contributed by atoms with Crippen molar-refractivity contribution < 1.29 is 13.2 Å². The summed E-state index contributed by atoms with van der Waals surface area (Å²) in [6.45, 7) is 4.60. The Bertz CT molecular complexity index is 559. The van der Waals surface area contributed by atoms with Crippen LogP contribution in [0.4, 0.5) is 5.13 Å². The van der Waals surface area contributed by atoms with Gasteiger partial charge >= 0.3 is 0 Å². The molecule has 0 aliphatic carbocycles. The van der Waals surface area contributed by atoms with Crippen molar-refractivity contribution in [1.29, 1.82) is 0 Å².